The first-order valence-corrected chi connectivity index (χ1v) is 12.7. The smallest absolute Gasteiger partial charge is 0.423 e. The fourth-order valence-electron chi connectivity index (χ4n) is 3.88. The summed E-state index contributed by atoms with van der Waals surface area (Å²) in [5.74, 6) is 0.165. The number of halogens is 2. The van der Waals surface area contributed by atoms with Crippen molar-refractivity contribution in [2.45, 2.75) is 79.1 Å². The molecule has 2 aromatic rings. The lowest BCUT2D eigenvalue weighted by Gasteiger charge is -2.30. The molecule has 0 amide bonds. The minimum absolute atomic E-state index is 0.281. The first-order valence-electron chi connectivity index (χ1n) is 10.5. The van der Waals surface area contributed by atoms with Gasteiger partial charge in [0.2, 0.25) is 0 Å². The van der Waals surface area contributed by atoms with Crippen molar-refractivity contribution in [1.82, 2.24) is 0 Å². The highest BCUT2D eigenvalue weighted by Crippen LogP contribution is 2.50. The molecule has 0 saturated heterocycles. The van der Waals surface area contributed by atoms with E-state index in [1.807, 2.05) is 86.6 Å². The maximum absolute atomic E-state index is 13.7. The molecule has 4 nitrogen and oxygen atoms in total. The topological polar surface area (TPSA) is 58.9 Å². The van der Waals surface area contributed by atoms with E-state index < -0.39 is 23.3 Å². The second-order valence-electron chi connectivity index (χ2n) is 10.3. The van der Waals surface area contributed by atoms with Crippen LogP contribution < -0.4 is 9.05 Å². The average Bonchev–Trinajstić information content (AvgIpc) is 2.60. The molecule has 0 aliphatic rings. The van der Waals surface area contributed by atoms with Crippen LogP contribution in [0, 0.1) is 13.8 Å². The molecular weight excluding hydrogens is 452 g/mol. The first-order chi connectivity index (χ1) is 14.5. The van der Waals surface area contributed by atoms with Crippen molar-refractivity contribution in [2.24, 2.45) is 0 Å². The second-order valence-corrected chi connectivity index (χ2v) is 11.6. The molecule has 0 radical (unpaired) electrons. The van der Waals surface area contributed by atoms with E-state index in [1.54, 1.807) is 0 Å². The third-order valence-corrected chi connectivity index (χ3v) is 6.07. The van der Waals surface area contributed by atoms with Gasteiger partial charge in [-0.25, -0.2) is 0 Å². The summed E-state index contributed by atoms with van der Waals surface area (Å²) in [7, 11) is -6.28. The highest BCUT2D eigenvalue weighted by molar-refractivity contribution is 7.40. The molecule has 2 aromatic carbocycles. The highest BCUT2D eigenvalue weighted by atomic mass is 31.2. The van der Waals surface area contributed by atoms with Crippen LogP contribution in [-0.2, 0) is 10.8 Å². The predicted octanol–water partition coefficient (Wildman–Crippen LogP) is 8.19. The Morgan fingerprint density at radius 3 is 1.28 bits per heavy atom. The molecule has 0 bridgehead atoms. The Bertz CT molecular complexity index is 886. The molecule has 32 heavy (non-hydrogen) atoms. The van der Waals surface area contributed by atoms with Crippen LogP contribution in [0.25, 0.3) is 0 Å². The standard InChI is InChI=1S/C24H34F2O4P2/c1-14-10-17(21(29-31(25)27)19(12-14)23(4,5)6)16(3)18-11-15(2)13-20(24(7,8)9)22(18)30-32(26)28/h10-13,16,27-28H,1-9H3. The van der Waals surface area contributed by atoms with E-state index in [0.717, 1.165) is 22.3 Å². The average molecular weight is 486 g/mol. The summed E-state index contributed by atoms with van der Waals surface area (Å²) in [5, 5.41) is 0. The van der Waals surface area contributed by atoms with Crippen molar-refractivity contribution in [1.29, 1.82) is 0 Å². The van der Waals surface area contributed by atoms with Gasteiger partial charge in [0.15, 0.2) is 0 Å². The molecule has 178 valence electrons. The van der Waals surface area contributed by atoms with Gasteiger partial charge >= 0.3 is 17.4 Å². The summed E-state index contributed by atoms with van der Waals surface area (Å²) < 4.78 is 38.1. The largest absolute Gasteiger partial charge is 0.436 e. The van der Waals surface area contributed by atoms with Crippen LogP contribution in [0.2, 0.25) is 0 Å². The van der Waals surface area contributed by atoms with Gasteiger partial charge in [-0.3, -0.25) is 0 Å². The van der Waals surface area contributed by atoms with Crippen LogP contribution in [0.4, 0.5) is 8.39 Å². The van der Waals surface area contributed by atoms with E-state index in [2.05, 4.69) is 0 Å². The molecule has 2 N–H and O–H groups in total. The van der Waals surface area contributed by atoms with Crippen LogP contribution in [0.15, 0.2) is 24.3 Å². The van der Waals surface area contributed by atoms with Crippen LogP contribution in [0.3, 0.4) is 0 Å². The Morgan fingerprint density at radius 1 is 0.719 bits per heavy atom. The summed E-state index contributed by atoms with van der Waals surface area (Å²) in [5.41, 5.74) is 4.00. The van der Waals surface area contributed by atoms with Gasteiger partial charge in [0.1, 0.15) is 11.5 Å². The predicted molar refractivity (Wildman–Crippen MR) is 129 cm³/mol. The maximum Gasteiger partial charge on any atom is 0.436 e. The minimum atomic E-state index is -3.14. The number of rotatable bonds is 6. The van der Waals surface area contributed by atoms with E-state index in [0.29, 0.717) is 11.1 Å². The molecule has 0 saturated carbocycles. The summed E-state index contributed by atoms with van der Waals surface area (Å²) in [4.78, 5) is 19.0. The number of hydrogen-bond acceptors (Lipinski definition) is 4. The summed E-state index contributed by atoms with van der Waals surface area (Å²) >= 11 is 0. The Kier molecular flexibility index (Phi) is 8.32. The van der Waals surface area contributed by atoms with Gasteiger partial charge in [0.25, 0.3) is 0 Å². The van der Waals surface area contributed by atoms with E-state index in [9.17, 15) is 18.2 Å². The molecule has 8 heteroatoms. The van der Waals surface area contributed by atoms with Crippen molar-refractivity contribution in [3.8, 4) is 11.5 Å². The third-order valence-electron chi connectivity index (χ3n) is 5.41. The summed E-state index contributed by atoms with van der Waals surface area (Å²) in [6.45, 7) is 17.7. The summed E-state index contributed by atoms with van der Waals surface area (Å²) in [6, 6.07) is 7.61. The zero-order valence-electron chi connectivity index (χ0n) is 20.2. The quantitative estimate of drug-likeness (QED) is 0.404. The Hall–Kier alpha value is -1.32. The van der Waals surface area contributed by atoms with E-state index in [-0.39, 0.29) is 22.3 Å². The number of benzene rings is 2. The van der Waals surface area contributed by atoms with E-state index in [1.165, 1.54) is 0 Å². The first kappa shape index (κ1) is 26.9. The lowest BCUT2D eigenvalue weighted by molar-refractivity contribution is 0.417. The molecule has 0 fully saturated rings. The lowest BCUT2D eigenvalue weighted by Crippen LogP contribution is -2.17. The third kappa shape index (κ3) is 6.38. The van der Waals surface area contributed by atoms with E-state index in [4.69, 9.17) is 9.05 Å². The van der Waals surface area contributed by atoms with Crippen molar-refractivity contribution in [2.75, 3.05) is 0 Å². The van der Waals surface area contributed by atoms with Gasteiger partial charge in [0, 0.05) is 28.2 Å². The molecule has 0 heterocycles. The maximum atomic E-state index is 13.7. The number of hydrogen-bond donors (Lipinski definition) is 2. The Morgan fingerprint density at radius 2 is 1.03 bits per heavy atom. The molecule has 2 rings (SSSR count). The van der Waals surface area contributed by atoms with Crippen LogP contribution >= 0.6 is 17.4 Å². The normalized spacial score (nSPS) is 15.3. The van der Waals surface area contributed by atoms with Crippen LogP contribution in [0.5, 0.6) is 11.5 Å². The molecule has 0 aliphatic heterocycles. The van der Waals surface area contributed by atoms with Gasteiger partial charge in [-0.2, -0.15) is 0 Å². The van der Waals surface area contributed by atoms with Gasteiger partial charge in [0.05, 0.1) is 0 Å². The fourth-order valence-corrected chi connectivity index (χ4v) is 4.59. The highest BCUT2D eigenvalue weighted by Gasteiger charge is 2.31. The van der Waals surface area contributed by atoms with Gasteiger partial charge < -0.3 is 18.8 Å². The van der Waals surface area contributed by atoms with Crippen LogP contribution in [-0.4, -0.2) is 9.79 Å². The molecule has 0 aliphatic carbocycles. The molecule has 0 spiro atoms. The van der Waals surface area contributed by atoms with Crippen molar-refractivity contribution < 1.29 is 27.2 Å². The second kappa shape index (κ2) is 9.89. The van der Waals surface area contributed by atoms with Crippen molar-refractivity contribution in [3.05, 3.63) is 57.6 Å². The SMILES string of the molecule is Cc1cc(C(C)c2cc(C)cc(C(C)(C)C)c2OP(O)F)c(OP(O)F)c(C(C)(C)C)c1. The van der Waals surface area contributed by atoms with Crippen LogP contribution in [0.1, 0.15) is 87.8 Å². The molecule has 0 aromatic heterocycles. The molecule has 2 atom stereocenters. The monoisotopic (exact) mass is 486 g/mol. The summed E-state index contributed by atoms with van der Waals surface area (Å²) in [6.07, 6.45) is 0. The number of aryl methyl sites for hydroxylation is 2. The zero-order valence-corrected chi connectivity index (χ0v) is 22.0. The Labute approximate surface area is 193 Å². The van der Waals surface area contributed by atoms with Gasteiger partial charge in [-0.15, -0.1) is 8.39 Å². The lowest BCUT2D eigenvalue weighted by atomic mass is 9.79. The zero-order chi connectivity index (χ0) is 24.6. The van der Waals surface area contributed by atoms with E-state index >= 15 is 0 Å². The van der Waals surface area contributed by atoms with Gasteiger partial charge in [-0.1, -0.05) is 83.9 Å². The van der Waals surface area contributed by atoms with Gasteiger partial charge in [-0.05, 0) is 24.7 Å². The Balaban J connectivity index is 2.86. The van der Waals surface area contributed by atoms with Crippen molar-refractivity contribution >= 4 is 17.4 Å². The minimum Gasteiger partial charge on any atom is -0.423 e. The molecule has 2 unspecified atom stereocenters. The van der Waals surface area contributed by atoms with Crippen molar-refractivity contribution in [3.63, 3.8) is 0 Å². The molecular formula is C24H34F2O4P2. The fraction of sp³-hybridized carbons (Fsp3) is 0.500.